The molecular formula is C23H28BrN3O2. The van der Waals surface area contributed by atoms with Gasteiger partial charge in [0.2, 0.25) is 5.91 Å². The molecule has 1 aliphatic heterocycles. The number of aryl methyl sites for hydroxylation is 2. The number of rotatable bonds is 6. The molecule has 29 heavy (non-hydrogen) atoms. The van der Waals surface area contributed by atoms with Crippen LogP contribution in [-0.2, 0) is 11.3 Å². The maximum Gasteiger partial charge on any atom is 0.254 e. The Bertz CT molecular complexity index is 841. The average Bonchev–Trinajstić information content (AvgIpc) is 2.71. The lowest BCUT2D eigenvalue weighted by Gasteiger charge is -2.29. The zero-order valence-electron chi connectivity index (χ0n) is 17.1. The van der Waals surface area contributed by atoms with Crippen LogP contribution in [0.25, 0.3) is 0 Å². The number of carbonyl (C=O) groups is 2. The third kappa shape index (κ3) is 6.15. The summed E-state index contributed by atoms with van der Waals surface area (Å²) in [6.45, 7) is 8.00. The van der Waals surface area contributed by atoms with Crippen LogP contribution in [0.3, 0.4) is 0 Å². The second kappa shape index (κ2) is 10.0. The van der Waals surface area contributed by atoms with Gasteiger partial charge in [-0.05, 0) is 43.7 Å². The minimum absolute atomic E-state index is 0.0344. The summed E-state index contributed by atoms with van der Waals surface area (Å²) in [7, 11) is 0. The molecule has 5 nitrogen and oxygen atoms in total. The standard InChI is InChI=1S/C23H28BrN3O2/c1-17-13-18(2)15-20(14-17)23(29)27(16-19-3-5-21(24)6-4-19)10-7-22(28)26-11-8-25-9-12-26/h3-6,13-15,25H,7-12,16H2,1-2H3. The molecule has 6 heteroatoms. The molecule has 0 atom stereocenters. The maximum atomic E-state index is 13.3. The van der Waals surface area contributed by atoms with Gasteiger partial charge < -0.3 is 15.1 Å². The van der Waals surface area contributed by atoms with Crippen LogP contribution in [0.1, 0.15) is 33.5 Å². The van der Waals surface area contributed by atoms with Gasteiger partial charge in [-0.15, -0.1) is 0 Å². The number of amides is 2. The molecule has 0 aromatic heterocycles. The predicted octanol–water partition coefficient (Wildman–Crippen LogP) is 3.53. The van der Waals surface area contributed by atoms with E-state index in [4.69, 9.17) is 0 Å². The molecule has 1 saturated heterocycles. The van der Waals surface area contributed by atoms with Crippen molar-refractivity contribution in [1.29, 1.82) is 0 Å². The van der Waals surface area contributed by atoms with Crippen LogP contribution in [0.15, 0.2) is 46.9 Å². The van der Waals surface area contributed by atoms with Crippen LogP contribution in [0.5, 0.6) is 0 Å². The summed E-state index contributed by atoms with van der Waals surface area (Å²) in [5, 5.41) is 3.26. The SMILES string of the molecule is Cc1cc(C)cc(C(=O)N(CCC(=O)N2CCNCC2)Cc2ccc(Br)cc2)c1. The summed E-state index contributed by atoms with van der Waals surface area (Å²) < 4.78 is 1.00. The first-order valence-electron chi connectivity index (χ1n) is 10.0. The molecule has 2 aromatic rings. The van der Waals surface area contributed by atoms with E-state index in [-0.39, 0.29) is 11.8 Å². The number of halogens is 1. The van der Waals surface area contributed by atoms with Crippen molar-refractivity contribution in [3.05, 3.63) is 69.2 Å². The fraction of sp³-hybridized carbons (Fsp3) is 0.391. The molecule has 0 saturated carbocycles. The fourth-order valence-corrected chi connectivity index (χ4v) is 3.91. The molecule has 0 aliphatic carbocycles. The number of nitrogens with zero attached hydrogens (tertiary/aromatic N) is 2. The molecule has 0 unspecified atom stereocenters. The van der Waals surface area contributed by atoms with Gasteiger partial charge in [0.1, 0.15) is 0 Å². The molecule has 0 spiro atoms. The van der Waals surface area contributed by atoms with Gasteiger partial charge in [-0.25, -0.2) is 0 Å². The van der Waals surface area contributed by atoms with Gasteiger partial charge in [0.15, 0.2) is 0 Å². The molecular weight excluding hydrogens is 430 g/mol. The van der Waals surface area contributed by atoms with Gasteiger partial charge >= 0.3 is 0 Å². The summed E-state index contributed by atoms with van der Waals surface area (Å²) in [5.41, 5.74) is 3.84. The quantitative estimate of drug-likeness (QED) is 0.721. The topological polar surface area (TPSA) is 52.7 Å². The minimum Gasteiger partial charge on any atom is -0.340 e. The number of nitrogens with one attached hydrogen (secondary N) is 1. The lowest BCUT2D eigenvalue weighted by Crippen LogP contribution is -2.47. The van der Waals surface area contributed by atoms with E-state index in [0.29, 0.717) is 25.1 Å². The van der Waals surface area contributed by atoms with E-state index in [1.165, 1.54) is 0 Å². The normalized spacial score (nSPS) is 14.0. The van der Waals surface area contributed by atoms with E-state index in [0.717, 1.165) is 47.3 Å². The second-order valence-corrected chi connectivity index (χ2v) is 8.53. The molecule has 0 bridgehead atoms. The van der Waals surface area contributed by atoms with E-state index in [9.17, 15) is 9.59 Å². The minimum atomic E-state index is -0.0344. The first kappa shape index (κ1) is 21.5. The van der Waals surface area contributed by atoms with Crippen molar-refractivity contribution in [3.8, 4) is 0 Å². The van der Waals surface area contributed by atoms with Crippen LogP contribution in [0, 0.1) is 13.8 Å². The van der Waals surface area contributed by atoms with E-state index in [2.05, 4.69) is 27.3 Å². The molecule has 2 amide bonds. The maximum absolute atomic E-state index is 13.3. The van der Waals surface area contributed by atoms with Crippen LogP contribution >= 0.6 is 15.9 Å². The largest absolute Gasteiger partial charge is 0.340 e. The Hall–Kier alpha value is -2.18. The third-order valence-corrected chi connectivity index (χ3v) is 5.64. The highest BCUT2D eigenvalue weighted by molar-refractivity contribution is 9.10. The summed E-state index contributed by atoms with van der Waals surface area (Å²) in [5.74, 6) is 0.0772. The Kier molecular flexibility index (Phi) is 7.45. The highest BCUT2D eigenvalue weighted by Crippen LogP contribution is 2.17. The van der Waals surface area contributed by atoms with Gasteiger partial charge in [-0.1, -0.05) is 45.3 Å². The highest BCUT2D eigenvalue weighted by Gasteiger charge is 2.21. The van der Waals surface area contributed by atoms with Crippen molar-refractivity contribution in [2.45, 2.75) is 26.8 Å². The van der Waals surface area contributed by atoms with Gasteiger partial charge in [0.05, 0.1) is 0 Å². The molecule has 1 aliphatic rings. The smallest absolute Gasteiger partial charge is 0.254 e. The summed E-state index contributed by atoms with van der Waals surface area (Å²) >= 11 is 3.45. The van der Waals surface area contributed by atoms with Crippen molar-refractivity contribution in [2.24, 2.45) is 0 Å². The Morgan fingerprint density at radius 1 is 1.03 bits per heavy atom. The zero-order valence-corrected chi connectivity index (χ0v) is 18.7. The van der Waals surface area contributed by atoms with Crippen molar-refractivity contribution in [1.82, 2.24) is 15.1 Å². The van der Waals surface area contributed by atoms with Crippen LogP contribution in [0.4, 0.5) is 0 Å². The van der Waals surface area contributed by atoms with Crippen molar-refractivity contribution in [3.63, 3.8) is 0 Å². The average molecular weight is 458 g/mol. The molecule has 1 heterocycles. The Morgan fingerprint density at radius 3 is 2.28 bits per heavy atom. The number of hydrogen-bond acceptors (Lipinski definition) is 3. The second-order valence-electron chi connectivity index (χ2n) is 7.61. The molecule has 2 aromatic carbocycles. The third-order valence-electron chi connectivity index (χ3n) is 5.11. The van der Waals surface area contributed by atoms with Gasteiger partial charge in [0.25, 0.3) is 5.91 Å². The lowest BCUT2D eigenvalue weighted by atomic mass is 10.1. The summed E-state index contributed by atoms with van der Waals surface area (Å²) in [6.07, 6.45) is 0.340. The number of carbonyl (C=O) groups excluding carboxylic acids is 2. The van der Waals surface area contributed by atoms with Gasteiger partial charge in [-0.3, -0.25) is 9.59 Å². The van der Waals surface area contributed by atoms with Crippen LogP contribution in [0.2, 0.25) is 0 Å². The first-order valence-corrected chi connectivity index (χ1v) is 10.8. The molecule has 0 radical (unpaired) electrons. The van der Waals surface area contributed by atoms with E-state index >= 15 is 0 Å². The van der Waals surface area contributed by atoms with Crippen molar-refractivity contribution >= 4 is 27.7 Å². The van der Waals surface area contributed by atoms with E-state index < -0.39 is 0 Å². The Morgan fingerprint density at radius 2 is 1.66 bits per heavy atom. The zero-order chi connectivity index (χ0) is 20.8. The van der Waals surface area contributed by atoms with Crippen molar-refractivity contribution < 1.29 is 9.59 Å². The highest BCUT2D eigenvalue weighted by atomic mass is 79.9. The number of benzene rings is 2. The van der Waals surface area contributed by atoms with Gasteiger partial charge in [-0.2, -0.15) is 0 Å². The monoisotopic (exact) mass is 457 g/mol. The van der Waals surface area contributed by atoms with Gasteiger partial charge in [0, 0.05) is 55.7 Å². The molecule has 1 N–H and O–H groups in total. The number of hydrogen-bond donors (Lipinski definition) is 1. The predicted molar refractivity (Wildman–Crippen MR) is 119 cm³/mol. The summed E-state index contributed by atoms with van der Waals surface area (Å²) in [6, 6.07) is 13.9. The Balaban J connectivity index is 1.75. The fourth-order valence-electron chi connectivity index (χ4n) is 3.65. The van der Waals surface area contributed by atoms with Crippen molar-refractivity contribution in [2.75, 3.05) is 32.7 Å². The van der Waals surface area contributed by atoms with Crippen LogP contribution < -0.4 is 5.32 Å². The van der Waals surface area contributed by atoms with E-state index in [1.807, 2.05) is 55.1 Å². The molecule has 1 fully saturated rings. The molecule has 154 valence electrons. The Labute approximate surface area is 181 Å². The summed E-state index contributed by atoms with van der Waals surface area (Å²) in [4.78, 5) is 29.6. The van der Waals surface area contributed by atoms with E-state index in [1.54, 1.807) is 4.90 Å². The molecule has 3 rings (SSSR count). The number of piperazine rings is 1. The lowest BCUT2D eigenvalue weighted by molar-refractivity contribution is -0.132. The van der Waals surface area contributed by atoms with Crippen LogP contribution in [-0.4, -0.2) is 54.3 Å². The first-order chi connectivity index (χ1) is 13.9.